The van der Waals surface area contributed by atoms with Crippen LogP contribution in [0.15, 0.2) is 34.7 Å². The van der Waals surface area contributed by atoms with Crippen molar-refractivity contribution >= 4 is 33.3 Å². The Hall–Kier alpha value is -2.32. The maximum Gasteiger partial charge on any atom is 0.215 e. The number of hydrogen-bond acceptors (Lipinski definition) is 7. The lowest BCUT2D eigenvalue weighted by Gasteiger charge is -2.11. The minimum absolute atomic E-state index is 0.673. The first-order valence-corrected chi connectivity index (χ1v) is 10.2. The molecule has 1 N–H and O–H groups in total. The first-order chi connectivity index (χ1) is 12.8. The number of aromatic nitrogens is 6. The van der Waals surface area contributed by atoms with Crippen molar-refractivity contribution in [3.8, 4) is 11.4 Å². The molecule has 0 unspecified atom stereocenters. The summed E-state index contributed by atoms with van der Waals surface area (Å²) in [4.78, 5) is 20.6. The molecule has 0 saturated carbocycles. The molecule has 0 radical (unpaired) electrons. The Morgan fingerprint density at radius 2 is 1.92 bits per heavy atom. The molecule has 0 saturated heterocycles. The second-order valence-corrected chi connectivity index (χ2v) is 8.31. The van der Waals surface area contributed by atoms with Crippen LogP contribution in [0.5, 0.6) is 0 Å². The van der Waals surface area contributed by atoms with Crippen LogP contribution in [0.25, 0.3) is 21.6 Å². The van der Waals surface area contributed by atoms with Crippen molar-refractivity contribution in [3.05, 3.63) is 40.8 Å². The van der Waals surface area contributed by atoms with Gasteiger partial charge in [-0.2, -0.15) is 0 Å². The normalized spacial score (nSPS) is 13.9. The third-order valence-electron chi connectivity index (χ3n) is 4.50. The van der Waals surface area contributed by atoms with Crippen molar-refractivity contribution < 1.29 is 0 Å². The summed E-state index contributed by atoms with van der Waals surface area (Å²) in [5, 5.41) is 10.2. The first-order valence-electron chi connectivity index (χ1n) is 8.57. The summed E-state index contributed by atoms with van der Waals surface area (Å²) in [7, 11) is 0. The van der Waals surface area contributed by atoms with Crippen LogP contribution >= 0.6 is 23.1 Å². The fourth-order valence-electron chi connectivity index (χ4n) is 3.32. The van der Waals surface area contributed by atoms with Gasteiger partial charge in [0, 0.05) is 28.2 Å². The van der Waals surface area contributed by atoms with Gasteiger partial charge in [0.2, 0.25) is 5.16 Å². The lowest BCUT2D eigenvalue weighted by atomic mass is 9.97. The molecule has 0 fully saturated rings. The number of nitrogens with one attached hydrogen (secondary N) is 1. The summed E-state index contributed by atoms with van der Waals surface area (Å²) in [6, 6.07) is 3.83. The average molecular weight is 381 g/mol. The fraction of sp³-hybridized carbons (Fsp3) is 0.278. The van der Waals surface area contributed by atoms with Crippen molar-refractivity contribution in [2.75, 3.05) is 0 Å². The lowest BCUT2D eigenvalue weighted by molar-refractivity contribution is 0.699. The van der Waals surface area contributed by atoms with Gasteiger partial charge in [-0.05, 0) is 62.1 Å². The van der Waals surface area contributed by atoms with Gasteiger partial charge in [0.15, 0.2) is 5.82 Å². The van der Waals surface area contributed by atoms with Crippen molar-refractivity contribution in [1.82, 2.24) is 30.1 Å². The first kappa shape index (κ1) is 15.9. The Labute approximate surface area is 158 Å². The second kappa shape index (κ2) is 6.44. The lowest BCUT2D eigenvalue weighted by Crippen LogP contribution is -1.99. The molecule has 5 rings (SSSR count). The molecular weight excluding hydrogens is 364 g/mol. The minimum atomic E-state index is 0.673. The minimum Gasteiger partial charge on any atom is -0.265 e. The summed E-state index contributed by atoms with van der Waals surface area (Å²) in [5.41, 5.74) is 2.40. The second-order valence-electron chi connectivity index (χ2n) is 6.27. The zero-order valence-corrected chi connectivity index (χ0v) is 15.8. The molecule has 4 aromatic rings. The van der Waals surface area contributed by atoms with Gasteiger partial charge in [-0.1, -0.05) is 0 Å². The molecule has 1 aliphatic carbocycles. The molecule has 0 amide bonds. The number of pyridine rings is 1. The molecule has 0 aliphatic heterocycles. The van der Waals surface area contributed by atoms with E-state index >= 15 is 0 Å². The highest BCUT2D eigenvalue weighted by molar-refractivity contribution is 7.99. The molecular formula is C18H16N6S2. The topological polar surface area (TPSA) is 80.2 Å². The number of H-pyrrole nitrogens is 1. The van der Waals surface area contributed by atoms with Crippen LogP contribution in [0.4, 0.5) is 0 Å². The van der Waals surface area contributed by atoms with Gasteiger partial charge in [-0.3, -0.25) is 10.1 Å². The number of rotatable bonds is 3. The quantitative estimate of drug-likeness (QED) is 0.536. The maximum atomic E-state index is 4.71. The largest absolute Gasteiger partial charge is 0.265 e. The van der Waals surface area contributed by atoms with Crippen LogP contribution < -0.4 is 0 Å². The summed E-state index contributed by atoms with van der Waals surface area (Å²) in [6.07, 6.45) is 8.28. The van der Waals surface area contributed by atoms with Crippen molar-refractivity contribution in [3.63, 3.8) is 0 Å². The van der Waals surface area contributed by atoms with E-state index in [4.69, 9.17) is 4.98 Å². The molecule has 1 aliphatic rings. The zero-order valence-electron chi connectivity index (χ0n) is 14.2. The van der Waals surface area contributed by atoms with Crippen LogP contribution in [0, 0.1) is 6.92 Å². The van der Waals surface area contributed by atoms with Gasteiger partial charge in [-0.15, -0.1) is 16.4 Å². The van der Waals surface area contributed by atoms with Crippen LogP contribution in [0.2, 0.25) is 0 Å². The SMILES string of the molecule is Cc1nc(Sc2n[nH]c(-c3ccncc3)n2)c2c3c(sc2n1)CCCC3. The maximum absolute atomic E-state index is 4.71. The molecule has 130 valence electrons. The Bertz CT molecular complexity index is 1090. The van der Waals surface area contributed by atoms with Crippen molar-refractivity contribution in [2.24, 2.45) is 0 Å². The molecule has 0 spiro atoms. The molecule has 6 nitrogen and oxygen atoms in total. The van der Waals surface area contributed by atoms with Gasteiger partial charge >= 0.3 is 0 Å². The summed E-state index contributed by atoms with van der Waals surface area (Å²) < 4.78 is 0. The Balaban J connectivity index is 1.55. The molecule has 0 aromatic carbocycles. The molecule has 8 heteroatoms. The standard InChI is InChI=1S/C18H16N6S2/c1-10-20-16-14(12-4-2-3-5-13(12)25-16)17(21-10)26-18-22-15(23-24-18)11-6-8-19-9-7-11/h6-9H,2-5H2,1H3,(H,22,23,24). The average Bonchev–Trinajstić information content (AvgIpc) is 3.26. The number of thiophene rings is 1. The predicted molar refractivity (Wildman–Crippen MR) is 103 cm³/mol. The molecule has 4 heterocycles. The van der Waals surface area contributed by atoms with E-state index in [0.717, 1.165) is 39.9 Å². The highest BCUT2D eigenvalue weighted by Crippen LogP contribution is 2.40. The summed E-state index contributed by atoms with van der Waals surface area (Å²) in [6.45, 7) is 1.95. The number of nitrogens with zero attached hydrogens (tertiary/aromatic N) is 5. The molecule has 0 atom stereocenters. The number of aromatic amines is 1. The Morgan fingerprint density at radius 3 is 2.81 bits per heavy atom. The van der Waals surface area contributed by atoms with Crippen molar-refractivity contribution in [2.45, 2.75) is 42.8 Å². The number of aryl methyl sites for hydroxylation is 3. The highest BCUT2D eigenvalue weighted by Gasteiger charge is 2.22. The van der Waals surface area contributed by atoms with E-state index in [-0.39, 0.29) is 0 Å². The monoisotopic (exact) mass is 380 g/mol. The van der Waals surface area contributed by atoms with Crippen LogP contribution in [0.3, 0.4) is 0 Å². The number of fused-ring (bicyclic) bond motifs is 3. The molecule has 0 bridgehead atoms. The van der Waals surface area contributed by atoms with Crippen LogP contribution in [0.1, 0.15) is 29.1 Å². The highest BCUT2D eigenvalue weighted by atomic mass is 32.2. The van der Waals surface area contributed by atoms with E-state index in [9.17, 15) is 0 Å². The summed E-state index contributed by atoms with van der Waals surface area (Å²) >= 11 is 3.33. The van der Waals surface area contributed by atoms with Gasteiger partial charge in [-0.25, -0.2) is 15.0 Å². The van der Waals surface area contributed by atoms with Crippen LogP contribution in [-0.4, -0.2) is 30.1 Å². The van der Waals surface area contributed by atoms with Gasteiger partial charge in [0.05, 0.1) is 0 Å². The Morgan fingerprint density at radius 1 is 1.08 bits per heavy atom. The van der Waals surface area contributed by atoms with Gasteiger partial charge in [0.1, 0.15) is 15.7 Å². The fourth-order valence-corrected chi connectivity index (χ4v) is 5.59. The third-order valence-corrected chi connectivity index (χ3v) is 6.54. The van der Waals surface area contributed by atoms with Crippen molar-refractivity contribution in [1.29, 1.82) is 0 Å². The summed E-state index contributed by atoms with van der Waals surface area (Å²) in [5.74, 6) is 1.53. The Kier molecular flexibility index (Phi) is 3.94. The third kappa shape index (κ3) is 2.79. The smallest absolute Gasteiger partial charge is 0.215 e. The molecule has 26 heavy (non-hydrogen) atoms. The van der Waals surface area contributed by atoms with E-state index in [2.05, 4.69) is 25.1 Å². The van der Waals surface area contributed by atoms with Gasteiger partial charge < -0.3 is 0 Å². The van der Waals surface area contributed by atoms with Gasteiger partial charge in [0.25, 0.3) is 0 Å². The molecule has 4 aromatic heterocycles. The number of hydrogen-bond donors (Lipinski definition) is 1. The van der Waals surface area contributed by atoms with E-state index in [1.165, 1.54) is 40.4 Å². The van der Waals surface area contributed by atoms with E-state index in [0.29, 0.717) is 5.16 Å². The van der Waals surface area contributed by atoms with E-state index < -0.39 is 0 Å². The van der Waals surface area contributed by atoms with Crippen LogP contribution in [-0.2, 0) is 12.8 Å². The van der Waals surface area contributed by atoms with E-state index in [1.807, 2.05) is 30.4 Å². The zero-order chi connectivity index (χ0) is 17.5. The van der Waals surface area contributed by atoms with E-state index in [1.54, 1.807) is 12.4 Å². The predicted octanol–water partition coefficient (Wildman–Crippen LogP) is 4.21.